The predicted molar refractivity (Wildman–Crippen MR) is 119 cm³/mol. The number of benzene rings is 2. The zero-order valence-electron chi connectivity index (χ0n) is 18.4. The molecule has 7 heteroatoms. The molecule has 7 nitrogen and oxygen atoms in total. The largest absolute Gasteiger partial charge is 0.392 e. The summed E-state index contributed by atoms with van der Waals surface area (Å²) in [5, 5.41) is 16.7. The molecule has 3 N–H and O–H groups in total. The number of fused-ring (bicyclic) bond motifs is 4. The number of aliphatic hydroxyl groups excluding tert-OH is 1. The molecule has 0 radical (unpaired) electrons. The summed E-state index contributed by atoms with van der Waals surface area (Å²) in [5.74, 6) is -2.71. The second kappa shape index (κ2) is 7.25. The summed E-state index contributed by atoms with van der Waals surface area (Å²) in [5.41, 5.74) is 2.90. The first-order valence-electron chi connectivity index (χ1n) is 11.0. The molecule has 3 heterocycles. The average molecular weight is 434 g/mol. The summed E-state index contributed by atoms with van der Waals surface area (Å²) in [4.78, 5) is 41.8. The molecule has 5 rings (SSSR count). The molecule has 32 heavy (non-hydrogen) atoms. The van der Waals surface area contributed by atoms with Gasteiger partial charge in [-0.3, -0.25) is 24.6 Å². The normalized spacial score (nSPS) is 29.4. The Morgan fingerprint density at radius 2 is 1.81 bits per heavy atom. The van der Waals surface area contributed by atoms with E-state index in [1.165, 1.54) is 4.90 Å². The number of amides is 3. The molecule has 2 fully saturated rings. The number of nitrogens with zero attached hydrogens (tertiary/aromatic N) is 1. The quantitative estimate of drug-likeness (QED) is 0.637. The van der Waals surface area contributed by atoms with Gasteiger partial charge in [-0.05, 0) is 38.3 Å². The molecular formula is C25H27N3O4. The maximum absolute atomic E-state index is 13.7. The van der Waals surface area contributed by atoms with Crippen LogP contribution in [0, 0.1) is 25.7 Å². The number of anilines is 1. The van der Waals surface area contributed by atoms with Crippen molar-refractivity contribution in [3.05, 3.63) is 64.7 Å². The number of likely N-dealkylation sites (tertiary alicyclic amines) is 1. The average Bonchev–Trinajstić information content (AvgIpc) is 3.34. The van der Waals surface area contributed by atoms with Crippen LogP contribution in [0.25, 0.3) is 0 Å². The summed E-state index contributed by atoms with van der Waals surface area (Å²) in [6, 6.07) is 12.9. The van der Waals surface area contributed by atoms with E-state index in [0.29, 0.717) is 17.7 Å². The Morgan fingerprint density at radius 3 is 2.50 bits per heavy atom. The summed E-state index contributed by atoms with van der Waals surface area (Å²) in [6.45, 7) is 5.69. The van der Waals surface area contributed by atoms with Gasteiger partial charge in [-0.1, -0.05) is 48.0 Å². The fourth-order valence-electron chi connectivity index (χ4n) is 5.77. The third kappa shape index (κ3) is 2.77. The zero-order valence-corrected chi connectivity index (χ0v) is 18.4. The molecule has 166 valence electrons. The lowest BCUT2D eigenvalue weighted by Gasteiger charge is -2.30. The molecule has 3 aliphatic heterocycles. The first kappa shape index (κ1) is 20.8. The number of hydrogen-bond donors (Lipinski definition) is 3. The SMILES string of the molecule is Cc1cc(C)c2c(c1)[C@@]1(N[C@@H]([C@H](C)O)[C@H]3C(=O)N(CCc4ccccc4)C(=O)[C@H]31)C(=O)N2. The minimum Gasteiger partial charge on any atom is -0.392 e. The van der Waals surface area contributed by atoms with Crippen LogP contribution in [0.5, 0.6) is 0 Å². The number of nitrogens with one attached hydrogen (secondary N) is 2. The van der Waals surface area contributed by atoms with E-state index in [1.807, 2.05) is 56.3 Å². The summed E-state index contributed by atoms with van der Waals surface area (Å²) >= 11 is 0. The standard InChI is InChI=1S/C25H27N3O4/c1-13-11-14(2)20-17(12-13)25(24(32)26-20)19-18(21(27-25)15(3)29)22(30)28(23(19)31)10-9-16-7-5-4-6-8-16/h4-8,11-12,15,18-19,21,27,29H,9-10H2,1-3H3,(H,26,32)/t15-,18-,19-,21-,25-/m0/s1. The number of carbonyl (C=O) groups excluding carboxylic acids is 3. The number of aliphatic hydroxyl groups is 1. The van der Waals surface area contributed by atoms with E-state index in [0.717, 1.165) is 16.7 Å². The molecule has 2 saturated heterocycles. The molecule has 2 aromatic rings. The molecule has 0 aliphatic carbocycles. The molecule has 2 aromatic carbocycles. The van der Waals surface area contributed by atoms with E-state index < -0.39 is 29.5 Å². The van der Waals surface area contributed by atoms with Crippen LogP contribution >= 0.6 is 0 Å². The predicted octanol–water partition coefficient (Wildman–Crippen LogP) is 1.65. The van der Waals surface area contributed by atoms with Crippen molar-refractivity contribution in [1.82, 2.24) is 10.2 Å². The van der Waals surface area contributed by atoms with Crippen molar-refractivity contribution in [2.24, 2.45) is 11.8 Å². The molecule has 0 aromatic heterocycles. The van der Waals surface area contributed by atoms with Gasteiger partial charge in [0.25, 0.3) is 0 Å². The molecule has 1 spiro atoms. The van der Waals surface area contributed by atoms with Crippen LogP contribution in [0.2, 0.25) is 0 Å². The second-order valence-corrected chi connectivity index (χ2v) is 9.24. The van der Waals surface area contributed by atoms with Crippen LogP contribution < -0.4 is 10.6 Å². The van der Waals surface area contributed by atoms with Gasteiger partial charge in [-0.25, -0.2) is 0 Å². The molecule has 0 saturated carbocycles. The fraction of sp³-hybridized carbons (Fsp3) is 0.400. The number of carbonyl (C=O) groups is 3. The zero-order chi connectivity index (χ0) is 22.8. The molecule has 0 unspecified atom stereocenters. The van der Waals surface area contributed by atoms with Crippen LogP contribution in [-0.4, -0.2) is 46.4 Å². The number of rotatable bonds is 4. The highest BCUT2D eigenvalue weighted by molar-refractivity contribution is 6.15. The highest BCUT2D eigenvalue weighted by Crippen LogP contribution is 2.54. The summed E-state index contributed by atoms with van der Waals surface area (Å²) in [6.07, 6.45) is -0.367. The Balaban J connectivity index is 1.58. The van der Waals surface area contributed by atoms with E-state index in [2.05, 4.69) is 10.6 Å². The maximum Gasteiger partial charge on any atom is 0.250 e. The lowest BCUT2D eigenvalue weighted by atomic mass is 9.75. The Kier molecular flexibility index (Phi) is 4.72. The van der Waals surface area contributed by atoms with E-state index in [9.17, 15) is 19.5 Å². The topological polar surface area (TPSA) is 98.7 Å². The second-order valence-electron chi connectivity index (χ2n) is 9.24. The van der Waals surface area contributed by atoms with Crippen LogP contribution in [0.4, 0.5) is 5.69 Å². The number of aryl methyl sites for hydroxylation is 2. The number of hydrogen-bond acceptors (Lipinski definition) is 5. The molecule has 3 aliphatic rings. The first-order valence-corrected chi connectivity index (χ1v) is 11.0. The van der Waals surface area contributed by atoms with Crippen molar-refractivity contribution < 1.29 is 19.5 Å². The van der Waals surface area contributed by atoms with Crippen molar-refractivity contribution >= 4 is 23.4 Å². The first-order chi connectivity index (χ1) is 15.3. The van der Waals surface area contributed by atoms with E-state index in [-0.39, 0.29) is 24.3 Å². The molecule has 0 bridgehead atoms. The Morgan fingerprint density at radius 1 is 1.09 bits per heavy atom. The minimum atomic E-state index is -1.37. The third-order valence-corrected chi connectivity index (χ3v) is 7.18. The van der Waals surface area contributed by atoms with Gasteiger partial charge in [0.2, 0.25) is 17.7 Å². The van der Waals surface area contributed by atoms with Gasteiger partial charge in [0, 0.05) is 23.8 Å². The van der Waals surface area contributed by atoms with Crippen LogP contribution in [0.15, 0.2) is 42.5 Å². The minimum absolute atomic E-state index is 0.249. The van der Waals surface area contributed by atoms with Gasteiger partial charge >= 0.3 is 0 Å². The fourth-order valence-corrected chi connectivity index (χ4v) is 5.77. The Hall–Kier alpha value is -3.03. The Labute approximate surface area is 186 Å². The molecule has 3 amide bonds. The van der Waals surface area contributed by atoms with Crippen molar-refractivity contribution in [2.45, 2.75) is 44.9 Å². The van der Waals surface area contributed by atoms with E-state index in [4.69, 9.17) is 0 Å². The highest BCUT2D eigenvalue weighted by atomic mass is 16.3. The van der Waals surface area contributed by atoms with Crippen LogP contribution in [-0.2, 0) is 26.3 Å². The lowest BCUT2D eigenvalue weighted by molar-refractivity contribution is -0.143. The van der Waals surface area contributed by atoms with Crippen molar-refractivity contribution in [2.75, 3.05) is 11.9 Å². The maximum atomic E-state index is 13.7. The van der Waals surface area contributed by atoms with Crippen LogP contribution in [0.1, 0.15) is 29.2 Å². The molecule has 5 atom stereocenters. The van der Waals surface area contributed by atoms with Gasteiger partial charge in [0.05, 0.1) is 17.9 Å². The van der Waals surface area contributed by atoms with E-state index >= 15 is 0 Å². The summed E-state index contributed by atoms with van der Waals surface area (Å²) in [7, 11) is 0. The Bertz CT molecular complexity index is 1130. The van der Waals surface area contributed by atoms with Crippen LogP contribution in [0.3, 0.4) is 0 Å². The lowest BCUT2D eigenvalue weighted by Crippen LogP contribution is -2.55. The smallest absolute Gasteiger partial charge is 0.250 e. The van der Waals surface area contributed by atoms with Gasteiger partial charge < -0.3 is 10.4 Å². The summed E-state index contributed by atoms with van der Waals surface area (Å²) < 4.78 is 0. The van der Waals surface area contributed by atoms with Gasteiger partial charge in [-0.15, -0.1) is 0 Å². The van der Waals surface area contributed by atoms with E-state index in [1.54, 1.807) is 6.92 Å². The van der Waals surface area contributed by atoms with Gasteiger partial charge in [-0.2, -0.15) is 0 Å². The third-order valence-electron chi connectivity index (χ3n) is 7.18. The monoisotopic (exact) mass is 433 g/mol. The van der Waals surface area contributed by atoms with Gasteiger partial charge in [0.15, 0.2) is 0 Å². The highest BCUT2D eigenvalue weighted by Gasteiger charge is 2.71. The van der Waals surface area contributed by atoms with Crippen molar-refractivity contribution in [3.8, 4) is 0 Å². The van der Waals surface area contributed by atoms with Crippen molar-refractivity contribution in [3.63, 3.8) is 0 Å². The molecular weight excluding hydrogens is 406 g/mol. The van der Waals surface area contributed by atoms with Gasteiger partial charge in [0.1, 0.15) is 5.54 Å². The number of imide groups is 1. The van der Waals surface area contributed by atoms with Crippen molar-refractivity contribution in [1.29, 1.82) is 0 Å².